The predicted octanol–water partition coefficient (Wildman–Crippen LogP) is 2.50. The minimum Gasteiger partial charge on any atom is -0.394 e. The number of likely N-dealkylation sites (tertiary alicyclic amines) is 1. The molecule has 0 radical (unpaired) electrons. The second-order valence-electron chi connectivity index (χ2n) is 5.62. The molecule has 2 heterocycles. The van der Waals surface area contributed by atoms with Crippen molar-refractivity contribution < 1.29 is 14.6 Å². The maximum Gasteiger partial charge on any atom is 0.272 e. The zero-order valence-corrected chi connectivity index (χ0v) is 13.5. The summed E-state index contributed by atoms with van der Waals surface area (Å²) in [5, 5.41) is 10.4. The molecule has 0 saturated carbocycles. The third-order valence-corrected chi connectivity index (χ3v) is 4.28. The molecule has 1 amide bonds. The topological polar surface area (TPSA) is 62.7 Å². The van der Waals surface area contributed by atoms with E-state index < -0.39 is 0 Å². The van der Waals surface area contributed by atoms with Crippen molar-refractivity contribution in [3.63, 3.8) is 0 Å². The van der Waals surface area contributed by atoms with Crippen LogP contribution in [0.3, 0.4) is 0 Å². The van der Waals surface area contributed by atoms with E-state index in [2.05, 4.69) is 4.98 Å². The van der Waals surface area contributed by atoms with Crippen LogP contribution in [0.1, 0.15) is 23.3 Å². The Hall–Kier alpha value is -1.69. The molecule has 3 rings (SSSR count). The number of aliphatic hydroxyl groups excluding tert-OH is 1. The maximum atomic E-state index is 12.6. The van der Waals surface area contributed by atoms with E-state index in [0.717, 1.165) is 23.7 Å². The molecular weight excluding hydrogens is 316 g/mol. The van der Waals surface area contributed by atoms with E-state index in [4.69, 9.17) is 21.4 Å². The minimum atomic E-state index is -0.0625. The van der Waals surface area contributed by atoms with Crippen LogP contribution in [0.4, 0.5) is 0 Å². The fourth-order valence-electron chi connectivity index (χ4n) is 2.82. The van der Waals surface area contributed by atoms with E-state index in [0.29, 0.717) is 30.4 Å². The van der Waals surface area contributed by atoms with Crippen LogP contribution in [0.25, 0.3) is 10.9 Å². The molecule has 122 valence electrons. The molecular formula is C17H19ClN2O3. The van der Waals surface area contributed by atoms with Crippen LogP contribution in [0.15, 0.2) is 30.3 Å². The number of carbonyl (C=O) groups is 1. The number of pyridine rings is 1. The van der Waals surface area contributed by atoms with Gasteiger partial charge < -0.3 is 14.7 Å². The van der Waals surface area contributed by atoms with Gasteiger partial charge in [0.1, 0.15) is 5.69 Å². The lowest BCUT2D eigenvalue weighted by Crippen LogP contribution is -2.41. The van der Waals surface area contributed by atoms with Gasteiger partial charge in [-0.3, -0.25) is 4.79 Å². The SMILES string of the molecule is O=C(c1ccc2ccc(Cl)cc2n1)N1CCC(OCCO)CC1. The zero-order chi connectivity index (χ0) is 16.2. The molecule has 5 nitrogen and oxygen atoms in total. The van der Waals surface area contributed by atoms with Gasteiger partial charge in [-0.2, -0.15) is 0 Å². The first kappa shape index (κ1) is 16.2. The molecule has 1 aromatic carbocycles. The van der Waals surface area contributed by atoms with Gasteiger partial charge in [-0.05, 0) is 31.0 Å². The summed E-state index contributed by atoms with van der Waals surface area (Å²) in [6.45, 7) is 1.67. The van der Waals surface area contributed by atoms with E-state index in [1.807, 2.05) is 18.2 Å². The Labute approximate surface area is 139 Å². The van der Waals surface area contributed by atoms with Gasteiger partial charge in [-0.15, -0.1) is 0 Å². The highest BCUT2D eigenvalue weighted by Crippen LogP contribution is 2.20. The fourth-order valence-corrected chi connectivity index (χ4v) is 2.98. The number of carbonyl (C=O) groups excluding carboxylic acids is 1. The standard InChI is InChI=1S/C17H19ClN2O3/c18-13-3-1-12-2-4-15(19-16(12)11-13)17(22)20-7-5-14(6-8-20)23-10-9-21/h1-4,11,14,21H,5-10H2. The highest BCUT2D eigenvalue weighted by Gasteiger charge is 2.24. The first-order valence-corrected chi connectivity index (χ1v) is 8.13. The lowest BCUT2D eigenvalue weighted by molar-refractivity contribution is -0.00564. The number of amides is 1. The Kier molecular flexibility index (Phi) is 5.10. The largest absolute Gasteiger partial charge is 0.394 e. The van der Waals surface area contributed by atoms with Crippen LogP contribution in [-0.4, -0.2) is 53.3 Å². The number of benzene rings is 1. The molecule has 1 saturated heterocycles. The number of aliphatic hydroxyl groups is 1. The molecule has 0 bridgehead atoms. The van der Waals surface area contributed by atoms with E-state index in [-0.39, 0.29) is 18.6 Å². The Balaban J connectivity index is 1.69. The van der Waals surface area contributed by atoms with Crippen LogP contribution in [0.5, 0.6) is 0 Å². The predicted molar refractivity (Wildman–Crippen MR) is 88.7 cm³/mol. The van der Waals surface area contributed by atoms with Crippen molar-refractivity contribution >= 4 is 28.4 Å². The third-order valence-electron chi connectivity index (χ3n) is 4.05. The smallest absolute Gasteiger partial charge is 0.272 e. The minimum absolute atomic E-state index is 0.0305. The average molecular weight is 335 g/mol. The number of rotatable bonds is 4. The van der Waals surface area contributed by atoms with Gasteiger partial charge in [0, 0.05) is 23.5 Å². The fraction of sp³-hybridized carbons (Fsp3) is 0.412. The van der Waals surface area contributed by atoms with E-state index >= 15 is 0 Å². The van der Waals surface area contributed by atoms with Gasteiger partial charge in [-0.25, -0.2) is 4.98 Å². The first-order chi connectivity index (χ1) is 11.2. The van der Waals surface area contributed by atoms with Crippen molar-refractivity contribution in [3.05, 3.63) is 41.0 Å². The summed E-state index contributed by atoms with van der Waals surface area (Å²) in [5.74, 6) is -0.0625. The summed E-state index contributed by atoms with van der Waals surface area (Å²) in [4.78, 5) is 18.8. The molecule has 0 aliphatic carbocycles. The van der Waals surface area contributed by atoms with Crippen LogP contribution in [0.2, 0.25) is 5.02 Å². The lowest BCUT2D eigenvalue weighted by Gasteiger charge is -2.31. The molecule has 0 spiro atoms. The quantitative estimate of drug-likeness (QED) is 0.933. The van der Waals surface area contributed by atoms with Crippen molar-refractivity contribution in [1.82, 2.24) is 9.88 Å². The number of hydrogen-bond acceptors (Lipinski definition) is 4. The monoisotopic (exact) mass is 334 g/mol. The van der Waals surface area contributed by atoms with Gasteiger partial charge in [-0.1, -0.05) is 23.7 Å². The highest BCUT2D eigenvalue weighted by molar-refractivity contribution is 6.31. The number of ether oxygens (including phenoxy) is 1. The number of piperidine rings is 1. The highest BCUT2D eigenvalue weighted by atomic mass is 35.5. The molecule has 1 aliphatic rings. The number of halogens is 1. The number of fused-ring (bicyclic) bond motifs is 1. The number of nitrogens with zero attached hydrogens (tertiary/aromatic N) is 2. The molecule has 0 atom stereocenters. The van der Waals surface area contributed by atoms with Crippen LogP contribution < -0.4 is 0 Å². The van der Waals surface area contributed by atoms with Gasteiger partial charge in [0.05, 0.1) is 24.8 Å². The Bertz CT molecular complexity index is 699. The van der Waals surface area contributed by atoms with Crippen molar-refractivity contribution in [2.24, 2.45) is 0 Å². The molecule has 1 fully saturated rings. The van der Waals surface area contributed by atoms with Crippen LogP contribution in [0, 0.1) is 0 Å². The van der Waals surface area contributed by atoms with E-state index in [1.165, 1.54) is 0 Å². The summed E-state index contributed by atoms with van der Waals surface area (Å²) in [6, 6.07) is 9.12. The normalized spacial score (nSPS) is 16.0. The molecule has 1 aromatic heterocycles. The summed E-state index contributed by atoms with van der Waals surface area (Å²) >= 11 is 5.99. The van der Waals surface area contributed by atoms with Crippen molar-refractivity contribution in [1.29, 1.82) is 0 Å². The average Bonchev–Trinajstić information content (AvgIpc) is 2.59. The number of aromatic nitrogens is 1. The zero-order valence-electron chi connectivity index (χ0n) is 12.7. The molecule has 1 aliphatic heterocycles. The maximum absolute atomic E-state index is 12.6. The van der Waals surface area contributed by atoms with Crippen molar-refractivity contribution in [2.45, 2.75) is 18.9 Å². The second kappa shape index (κ2) is 7.25. The van der Waals surface area contributed by atoms with Gasteiger partial charge in [0.25, 0.3) is 5.91 Å². The van der Waals surface area contributed by atoms with Crippen molar-refractivity contribution in [3.8, 4) is 0 Å². The van der Waals surface area contributed by atoms with Crippen LogP contribution >= 0.6 is 11.6 Å². The van der Waals surface area contributed by atoms with Gasteiger partial charge in [0.15, 0.2) is 0 Å². The molecule has 23 heavy (non-hydrogen) atoms. The second-order valence-corrected chi connectivity index (χ2v) is 6.06. The van der Waals surface area contributed by atoms with Crippen LogP contribution in [-0.2, 0) is 4.74 Å². The number of hydrogen-bond donors (Lipinski definition) is 1. The molecule has 0 unspecified atom stereocenters. The Morgan fingerprint density at radius 3 is 2.78 bits per heavy atom. The summed E-state index contributed by atoms with van der Waals surface area (Å²) in [7, 11) is 0. The molecule has 1 N–H and O–H groups in total. The van der Waals surface area contributed by atoms with E-state index in [9.17, 15) is 4.79 Å². The Morgan fingerprint density at radius 1 is 1.30 bits per heavy atom. The molecule has 2 aromatic rings. The molecule has 6 heteroatoms. The first-order valence-electron chi connectivity index (χ1n) is 7.75. The summed E-state index contributed by atoms with van der Waals surface area (Å²) in [5.41, 5.74) is 1.17. The Morgan fingerprint density at radius 2 is 2.04 bits per heavy atom. The van der Waals surface area contributed by atoms with Gasteiger partial charge >= 0.3 is 0 Å². The van der Waals surface area contributed by atoms with Crippen molar-refractivity contribution in [2.75, 3.05) is 26.3 Å². The van der Waals surface area contributed by atoms with Gasteiger partial charge in [0.2, 0.25) is 0 Å². The lowest BCUT2D eigenvalue weighted by atomic mass is 10.1. The summed E-state index contributed by atoms with van der Waals surface area (Å²) in [6.07, 6.45) is 1.69. The van der Waals surface area contributed by atoms with E-state index in [1.54, 1.807) is 17.0 Å². The third kappa shape index (κ3) is 3.80. The summed E-state index contributed by atoms with van der Waals surface area (Å²) < 4.78 is 5.52.